The molecule has 0 spiro atoms. The van der Waals surface area contributed by atoms with E-state index in [0.29, 0.717) is 11.9 Å². The predicted molar refractivity (Wildman–Crippen MR) is 137 cm³/mol. The Morgan fingerprint density at radius 1 is 1.06 bits per heavy atom. The monoisotopic (exact) mass is 497 g/mol. The molecular formula is C27H33F2N5O2. The first-order valence-corrected chi connectivity index (χ1v) is 11.8. The van der Waals surface area contributed by atoms with Crippen molar-refractivity contribution in [1.82, 2.24) is 14.7 Å². The molecular weight excluding hydrogens is 464 g/mol. The molecule has 0 bridgehead atoms. The fourth-order valence-corrected chi connectivity index (χ4v) is 3.62. The first kappa shape index (κ1) is 26.8. The molecule has 7 nitrogen and oxygen atoms in total. The van der Waals surface area contributed by atoms with E-state index in [1.807, 2.05) is 71.9 Å². The number of para-hydroxylation sites is 1. The van der Waals surface area contributed by atoms with Crippen molar-refractivity contribution in [3.05, 3.63) is 71.4 Å². The molecule has 0 saturated carbocycles. The summed E-state index contributed by atoms with van der Waals surface area (Å²) in [4.78, 5) is 27.3. The highest BCUT2D eigenvalue weighted by Gasteiger charge is 2.24. The predicted octanol–water partition coefficient (Wildman–Crippen LogP) is 5.89. The van der Waals surface area contributed by atoms with Gasteiger partial charge < -0.3 is 15.5 Å². The standard InChI is InChI=1S/C27H33F2N5O2/c1-17(2)15-33(26(36)30-21-12-11-19(28)13-20(21)29)16-25(35)31-24-14-23(27(4,5)6)32-34(24)22-10-8-7-9-18(22)3/h7-14,17H,15-16H2,1-6H3,(H,30,36)(H,31,35). The fraction of sp³-hybridized carbons (Fsp3) is 0.370. The molecule has 3 amide bonds. The van der Waals surface area contributed by atoms with Gasteiger partial charge in [0.05, 0.1) is 17.1 Å². The summed E-state index contributed by atoms with van der Waals surface area (Å²) in [6.07, 6.45) is 0. The summed E-state index contributed by atoms with van der Waals surface area (Å²) in [5.41, 5.74) is 2.19. The maximum Gasteiger partial charge on any atom is 0.322 e. The van der Waals surface area contributed by atoms with E-state index in [0.717, 1.165) is 29.1 Å². The number of hydrogen-bond donors (Lipinski definition) is 2. The van der Waals surface area contributed by atoms with Gasteiger partial charge in [-0.25, -0.2) is 18.3 Å². The van der Waals surface area contributed by atoms with E-state index in [-0.39, 0.29) is 30.1 Å². The van der Waals surface area contributed by atoms with Crippen LogP contribution in [-0.4, -0.2) is 39.7 Å². The molecule has 2 N–H and O–H groups in total. The number of hydrogen-bond acceptors (Lipinski definition) is 3. The highest BCUT2D eigenvalue weighted by Crippen LogP contribution is 2.27. The number of benzene rings is 2. The molecule has 3 aromatic rings. The van der Waals surface area contributed by atoms with Crippen LogP contribution in [0.25, 0.3) is 5.69 Å². The minimum absolute atomic E-state index is 0.0478. The minimum atomic E-state index is -0.894. The van der Waals surface area contributed by atoms with Gasteiger partial charge in [0.15, 0.2) is 0 Å². The molecule has 0 atom stereocenters. The third kappa shape index (κ3) is 6.68. The van der Waals surface area contributed by atoms with Crippen molar-refractivity contribution >= 4 is 23.4 Å². The quantitative estimate of drug-likeness (QED) is 0.428. The largest absolute Gasteiger partial charge is 0.322 e. The fourth-order valence-electron chi connectivity index (χ4n) is 3.62. The molecule has 0 saturated heterocycles. The molecule has 0 fully saturated rings. The van der Waals surface area contributed by atoms with Crippen molar-refractivity contribution in [3.63, 3.8) is 0 Å². The van der Waals surface area contributed by atoms with E-state index in [1.54, 1.807) is 4.68 Å². The summed E-state index contributed by atoms with van der Waals surface area (Å²) < 4.78 is 29.0. The van der Waals surface area contributed by atoms with Crippen LogP contribution >= 0.6 is 0 Å². The number of urea groups is 1. The number of rotatable bonds is 7. The van der Waals surface area contributed by atoms with Crippen molar-refractivity contribution in [3.8, 4) is 5.69 Å². The number of aryl methyl sites for hydroxylation is 1. The van der Waals surface area contributed by atoms with E-state index >= 15 is 0 Å². The lowest BCUT2D eigenvalue weighted by Crippen LogP contribution is -2.42. The van der Waals surface area contributed by atoms with Gasteiger partial charge in [-0.1, -0.05) is 52.8 Å². The van der Waals surface area contributed by atoms with E-state index < -0.39 is 23.6 Å². The second-order valence-corrected chi connectivity index (χ2v) is 10.2. The molecule has 0 unspecified atom stereocenters. The van der Waals surface area contributed by atoms with Gasteiger partial charge in [0.1, 0.15) is 24.0 Å². The minimum Gasteiger partial charge on any atom is -0.315 e. The molecule has 0 radical (unpaired) electrons. The van der Waals surface area contributed by atoms with E-state index in [4.69, 9.17) is 5.10 Å². The zero-order chi connectivity index (χ0) is 26.6. The normalized spacial score (nSPS) is 11.5. The first-order chi connectivity index (χ1) is 16.8. The highest BCUT2D eigenvalue weighted by molar-refractivity contribution is 5.96. The summed E-state index contributed by atoms with van der Waals surface area (Å²) in [5.74, 6) is -1.54. The zero-order valence-electron chi connectivity index (χ0n) is 21.5. The SMILES string of the molecule is Cc1ccccc1-n1nc(C(C)(C)C)cc1NC(=O)CN(CC(C)C)C(=O)Nc1ccc(F)cc1F. The van der Waals surface area contributed by atoms with Crippen LogP contribution in [0.1, 0.15) is 45.9 Å². The van der Waals surface area contributed by atoms with Crippen LogP contribution in [0.15, 0.2) is 48.5 Å². The Hall–Kier alpha value is -3.75. The number of nitrogens with zero attached hydrogens (tertiary/aromatic N) is 3. The molecule has 0 aliphatic carbocycles. The Morgan fingerprint density at radius 3 is 2.36 bits per heavy atom. The van der Waals surface area contributed by atoms with Crippen LogP contribution in [-0.2, 0) is 10.2 Å². The van der Waals surface area contributed by atoms with Crippen LogP contribution < -0.4 is 10.6 Å². The van der Waals surface area contributed by atoms with Gasteiger partial charge in [-0.05, 0) is 36.6 Å². The topological polar surface area (TPSA) is 79.3 Å². The lowest BCUT2D eigenvalue weighted by atomic mass is 9.92. The number of anilines is 2. The van der Waals surface area contributed by atoms with Gasteiger partial charge in [0.25, 0.3) is 0 Å². The Kier molecular flexibility index (Phi) is 8.12. The van der Waals surface area contributed by atoms with Gasteiger partial charge in [0.2, 0.25) is 5.91 Å². The van der Waals surface area contributed by atoms with Gasteiger partial charge in [0, 0.05) is 24.1 Å². The van der Waals surface area contributed by atoms with Crippen LogP contribution in [0, 0.1) is 24.5 Å². The average molecular weight is 498 g/mol. The molecule has 36 heavy (non-hydrogen) atoms. The van der Waals surface area contributed by atoms with Crippen molar-refractivity contribution in [1.29, 1.82) is 0 Å². The van der Waals surface area contributed by atoms with Crippen LogP contribution in [0.4, 0.5) is 25.1 Å². The van der Waals surface area contributed by atoms with E-state index in [9.17, 15) is 18.4 Å². The maximum atomic E-state index is 14.1. The van der Waals surface area contributed by atoms with Crippen molar-refractivity contribution < 1.29 is 18.4 Å². The van der Waals surface area contributed by atoms with Crippen molar-refractivity contribution in [2.45, 2.75) is 47.0 Å². The molecule has 0 aliphatic heterocycles. The molecule has 1 heterocycles. The third-order valence-corrected chi connectivity index (χ3v) is 5.47. The highest BCUT2D eigenvalue weighted by atomic mass is 19.1. The Bertz CT molecular complexity index is 1250. The number of halogens is 2. The average Bonchev–Trinajstić information content (AvgIpc) is 3.19. The lowest BCUT2D eigenvalue weighted by molar-refractivity contribution is -0.116. The van der Waals surface area contributed by atoms with Gasteiger partial charge in [-0.3, -0.25) is 4.79 Å². The zero-order valence-corrected chi connectivity index (χ0v) is 21.5. The van der Waals surface area contributed by atoms with Gasteiger partial charge in [-0.2, -0.15) is 5.10 Å². The van der Waals surface area contributed by atoms with E-state index in [2.05, 4.69) is 10.6 Å². The molecule has 3 rings (SSSR count). The molecule has 2 aromatic carbocycles. The van der Waals surface area contributed by atoms with Crippen molar-refractivity contribution in [2.75, 3.05) is 23.7 Å². The summed E-state index contributed by atoms with van der Waals surface area (Å²) in [6.45, 7) is 11.9. The summed E-state index contributed by atoms with van der Waals surface area (Å²) in [5, 5.41) is 10.1. The summed E-state index contributed by atoms with van der Waals surface area (Å²) in [6, 6.07) is 11.8. The van der Waals surface area contributed by atoms with Crippen LogP contribution in [0.2, 0.25) is 0 Å². The Morgan fingerprint density at radius 2 is 1.75 bits per heavy atom. The van der Waals surface area contributed by atoms with Gasteiger partial charge in [-0.15, -0.1) is 0 Å². The van der Waals surface area contributed by atoms with E-state index in [1.165, 1.54) is 4.90 Å². The number of nitrogens with one attached hydrogen (secondary N) is 2. The number of amides is 3. The molecule has 1 aromatic heterocycles. The molecule has 192 valence electrons. The molecule has 0 aliphatic rings. The Balaban J connectivity index is 1.84. The second-order valence-electron chi connectivity index (χ2n) is 10.2. The molecule has 9 heteroatoms. The van der Waals surface area contributed by atoms with Crippen LogP contribution in [0.5, 0.6) is 0 Å². The number of carbonyl (C=O) groups is 2. The Labute approximate surface area is 210 Å². The summed E-state index contributed by atoms with van der Waals surface area (Å²) in [7, 11) is 0. The van der Waals surface area contributed by atoms with Gasteiger partial charge >= 0.3 is 6.03 Å². The van der Waals surface area contributed by atoms with Crippen LogP contribution in [0.3, 0.4) is 0 Å². The maximum absolute atomic E-state index is 14.1. The second kappa shape index (κ2) is 10.9. The number of aromatic nitrogens is 2. The first-order valence-electron chi connectivity index (χ1n) is 11.8. The lowest BCUT2D eigenvalue weighted by Gasteiger charge is -2.24. The smallest absolute Gasteiger partial charge is 0.315 e. The number of carbonyl (C=O) groups excluding carboxylic acids is 2. The summed E-state index contributed by atoms with van der Waals surface area (Å²) >= 11 is 0. The third-order valence-electron chi connectivity index (χ3n) is 5.47. The van der Waals surface area contributed by atoms with Crippen molar-refractivity contribution in [2.24, 2.45) is 5.92 Å².